The average molecular weight is 451 g/mol. The van der Waals surface area contributed by atoms with Gasteiger partial charge in [0.2, 0.25) is 15.9 Å². The highest BCUT2D eigenvalue weighted by Gasteiger charge is 2.28. The van der Waals surface area contributed by atoms with E-state index in [0.717, 1.165) is 38.5 Å². The molecule has 0 unspecified atom stereocenters. The molecule has 10 heteroatoms. The van der Waals surface area contributed by atoms with Crippen LogP contribution in [0, 0.1) is 5.92 Å². The van der Waals surface area contributed by atoms with E-state index < -0.39 is 34.3 Å². The molecule has 2 aliphatic rings. The molecule has 0 spiro atoms. The van der Waals surface area contributed by atoms with Crippen LogP contribution in [0.15, 0.2) is 29.2 Å². The van der Waals surface area contributed by atoms with Gasteiger partial charge in [0.1, 0.15) is 0 Å². The lowest BCUT2D eigenvalue weighted by Gasteiger charge is -2.29. The third-order valence-corrected chi connectivity index (χ3v) is 7.76. The van der Waals surface area contributed by atoms with Gasteiger partial charge in [0.25, 0.3) is 0 Å². The zero-order valence-electron chi connectivity index (χ0n) is 17.7. The lowest BCUT2D eigenvalue weighted by atomic mass is 9.86. The first kappa shape index (κ1) is 23.2. The van der Waals surface area contributed by atoms with Gasteiger partial charge in [-0.3, -0.25) is 14.4 Å². The number of sulfonamides is 1. The van der Waals surface area contributed by atoms with Gasteiger partial charge < -0.3 is 16.0 Å². The summed E-state index contributed by atoms with van der Waals surface area (Å²) in [6.07, 6.45) is 5.68. The third-order valence-electron chi connectivity index (χ3n) is 5.86. The van der Waals surface area contributed by atoms with Crippen molar-refractivity contribution in [2.75, 3.05) is 25.0 Å². The van der Waals surface area contributed by atoms with Crippen LogP contribution in [0.2, 0.25) is 0 Å². The van der Waals surface area contributed by atoms with Crippen molar-refractivity contribution in [3.05, 3.63) is 24.3 Å². The van der Waals surface area contributed by atoms with Crippen molar-refractivity contribution in [1.82, 2.24) is 14.9 Å². The van der Waals surface area contributed by atoms with Crippen LogP contribution >= 0.6 is 0 Å². The van der Waals surface area contributed by atoms with Gasteiger partial charge in [-0.15, -0.1) is 0 Å². The Bertz CT molecular complexity index is 927. The molecule has 3 amide bonds. The number of nitrogens with one attached hydrogen (secondary N) is 3. The molecule has 1 aromatic rings. The molecule has 3 N–H and O–H groups in total. The SMILES string of the molecule is C[C@H]1CCCC[C@H]1NC(=O)C(=O)NCC(=O)Nc1cccc(S(=O)(=O)N2CCCC2)c1. The molecule has 2 atom stereocenters. The van der Waals surface area contributed by atoms with Crippen molar-refractivity contribution in [2.45, 2.75) is 56.4 Å². The average Bonchev–Trinajstić information content (AvgIpc) is 3.29. The van der Waals surface area contributed by atoms with E-state index in [0.29, 0.717) is 24.7 Å². The van der Waals surface area contributed by atoms with Gasteiger partial charge in [-0.2, -0.15) is 4.31 Å². The van der Waals surface area contributed by atoms with E-state index in [1.165, 1.54) is 16.4 Å². The summed E-state index contributed by atoms with van der Waals surface area (Å²) in [4.78, 5) is 36.4. The Hall–Kier alpha value is -2.46. The number of anilines is 1. The van der Waals surface area contributed by atoms with E-state index in [1.54, 1.807) is 12.1 Å². The lowest BCUT2D eigenvalue weighted by Crippen LogP contribution is -2.48. The quantitative estimate of drug-likeness (QED) is 0.562. The Morgan fingerprint density at radius 3 is 2.45 bits per heavy atom. The van der Waals surface area contributed by atoms with Crippen LogP contribution in [-0.2, 0) is 24.4 Å². The number of benzene rings is 1. The fourth-order valence-corrected chi connectivity index (χ4v) is 5.59. The van der Waals surface area contributed by atoms with Crippen LogP contribution in [0.3, 0.4) is 0 Å². The predicted molar refractivity (Wildman–Crippen MR) is 116 cm³/mol. The fourth-order valence-electron chi connectivity index (χ4n) is 4.02. The van der Waals surface area contributed by atoms with Gasteiger partial charge in [0, 0.05) is 24.8 Å². The molecule has 1 aromatic carbocycles. The number of hydrogen-bond donors (Lipinski definition) is 3. The maximum absolute atomic E-state index is 12.7. The maximum atomic E-state index is 12.7. The standard InChI is InChI=1S/C21H30N4O5S/c1-15-7-2-3-10-18(15)24-21(28)20(27)22-14-19(26)23-16-8-6-9-17(13-16)31(29,30)25-11-4-5-12-25/h6,8-9,13,15,18H,2-5,7,10-12,14H2,1H3,(H,22,27)(H,23,26)(H,24,28)/t15-,18+/m0/s1. The minimum Gasteiger partial charge on any atom is -0.345 e. The highest BCUT2D eigenvalue weighted by atomic mass is 32.2. The van der Waals surface area contributed by atoms with Crippen molar-refractivity contribution in [3.8, 4) is 0 Å². The number of nitrogens with zero attached hydrogens (tertiary/aromatic N) is 1. The zero-order valence-corrected chi connectivity index (χ0v) is 18.5. The summed E-state index contributed by atoms with van der Waals surface area (Å²) in [6, 6.07) is 5.98. The number of amides is 3. The van der Waals surface area contributed by atoms with Crippen molar-refractivity contribution in [3.63, 3.8) is 0 Å². The van der Waals surface area contributed by atoms with Crippen LogP contribution in [0.4, 0.5) is 5.69 Å². The van der Waals surface area contributed by atoms with Crippen LogP contribution in [0.5, 0.6) is 0 Å². The normalized spacial score (nSPS) is 22.0. The zero-order chi connectivity index (χ0) is 22.4. The van der Waals surface area contributed by atoms with Crippen LogP contribution in [-0.4, -0.2) is 56.1 Å². The van der Waals surface area contributed by atoms with E-state index >= 15 is 0 Å². The fraction of sp³-hybridized carbons (Fsp3) is 0.571. The van der Waals surface area contributed by atoms with E-state index in [4.69, 9.17) is 0 Å². The van der Waals surface area contributed by atoms with E-state index in [2.05, 4.69) is 16.0 Å². The molecular formula is C21H30N4O5S. The van der Waals surface area contributed by atoms with Crippen LogP contribution < -0.4 is 16.0 Å². The van der Waals surface area contributed by atoms with Crippen LogP contribution in [0.1, 0.15) is 45.4 Å². The second kappa shape index (κ2) is 10.2. The molecule has 3 rings (SSSR count). The van der Waals surface area contributed by atoms with Gasteiger partial charge in [0.05, 0.1) is 11.4 Å². The second-order valence-corrected chi connectivity index (χ2v) is 10.1. The molecular weight excluding hydrogens is 420 g/mol. The van der Waals surface area contributed by atoms with Gasteiger partial charge in [-0.1, -0.05) is 25.8 Å². The number of rotatable bonds is 6. The molecule has 2 fully saturated rings. The van der Waals surface area contributed by atoms with Crippen molar-refractivity contribution in [1.29, 1.82) is 0 Å². The molecule has 170 valence electrons. The number of carbonyl (C=O) groups is 3. The molecule has 0 bridgehead atoms. The largest absolute Gasteiger partial charge is 0.345 e. The van der Waals surface area contributed by atoms with Crippen molar-refractivity contribution < 1.29 is 22.8 Å². The van der Waals surface area contributed by atoms with Gasteiger partial charge in [-0.05, 0) is 49.8 Å². The van der Waals surface area contributed by atoms with E-state index in [1.807, 2.05) is 6.92 Å². The molecule has 0 radical (unpaired) electrons. The smallest absolute Gasteiger partial charge is 0.309 e. The Morgan fingerprint density at radius 1 is 1.03 bits per heavy atom. The molecule has 1 aliphatic carbocycles. The van der Waals surface area contributed by atoms with Gasteiger partial charge in [0.15, 0.2) is 0 Å². The number of hydrogen-bond acceptors (Lipinski definition) is 5. The van der Waals surface area contributed by atoms with E-state index in [9.17, 15) is 22.8 Å². The molecule has 9 nitrogen and oxygen atoms in total. The first-order valence-corrected chi connectivity index (χ1v) is 12.2. The summed E-state index contributed by atoms with van der Waals surface area (Å²) in [6.45, 7) is 2.64. The topological polar surface area (TPSA) is 125 Å². The highest BCUT2D eigenvalue weighted by molar-refractivity contribution is 7.89. The Labute approximate surface area is 183 Å². The molecule has 0 aromatic heterocycles. The predicted octanol–water partition coefficient (Wildman–Crippen LogP) is 1.22. The minimum atomic E-state index is -3.59. The molecule has 31 heavy (non-hydrogen) atoms. The van der Waals surface area contributed by atoms with E-state index in [-0.39, 0.29) is 10.9 Å². The third kappa shape index (κ3) is 6.04. The van der Waals surface area contributed by atoms with Gasteiger partial charge in [-0.25, -0.2) is 8.42 Å². The first-order valence-electron chi connectivity index (χ1n) is 10.8. The monoisotopic (exact) mass is 450 g/mol. The lowest BCUT2D eigenvalue weighted by molar-refractivity contribution is -0.140. The summed E-state index contributed by atoms with van der Waals surface area (Å²) >= 11 is 0. The van der Waals surface area contributed by atoms with Crippen molar-refractivity contribution >= 4 is 33.4 Å². The summed E-state index contributed by atoms with van der Waals surface area (Å²) in [7, 11) is -3.59. The summed E-state index contributed by atoms with van der Waals surface area (Å²) in [5.41, 5.74) is 0.306. The molecule has 1 saturated heterocycles. The Balaban J connectivity index is 1.50. The maximum Gasteiger partial charge on any atom is 0.309 e. The summed E-state index contributed by atoms with van der Waals surface area (Å²) < 4.78 is 26.8. The molecule has 1 aliphatic heterocycles. The first-order chi connectivity index (χ1) is 14.8. The molecule has 1 saturated carbocycles. The molecule has 1 heterocycles. The minimum absolute atomic E-state index is 0.0267. The van der Waals surface area contributed by atoms with Gasteiger partial charge >= 0.3 is 11.8 Å². The van der Waals surface area contributed by atoms with Crippen LogP contribution in [0.25, 0.3) is 0 Å². The highest BCUT2D eigenvalue weighted by Crippen LogP contribution is 2.24. The summed E-state index contributed by atoms with van der Waals surface area (Å²) in [5, 5.41) is 7.60. The van der Waals surface area contributed by atoms with Crippen molar-refractivity contribution in [2.24, 2.45) is 5.92 Å². The Kier molecular flexibility index (Phi) is 7.66. The Morgan fingerprint density at radius 2 is 1.74 bits per heavy atom. The summed E-state index contributed by atoms with van der Waals surface area (Å²) in [5.74, 6) is -1.84. The second-order valence-electron chi connectivity index (χ2n) is 8.21. The number of carbonyl (C=O) groups excluding carboxylic acids is 3.